The van der Waals surface area contributed by atoms with E-state index in [0.29, 0.717) is 5.92 Å². The molecule has 7 heteroatoms. The second kappa shape index (κ2) is 7.60. The summed E-state index contributed by atoms with van der Waals surface area (Å²) in [5.41, 5.74) is 0. The van der Waals surface area contributed by atoms with E-state index in [4.69, 9.17) is 5.11 Å². The molecule has 3 amide bonds. The van der Waals surface area contributed by atoms with Gasteiger partial charge in [-0.2, -0.15) is 0 Å². The van der Waals surface area contributed by atoms with Crippen molar-refractivity contribution in [2.75, 3.05) is 13.1 Å². The van der Waals surface area contributed by atoms with Crippen molar-refractivity contribution in [3.63, 3.8) is 0 Å². The average molecular weight is 271 g/mol. The average Bonchev–Trinajstić information content (AvgIpc) is 2.34. The van der Waals surface area contributed by atoms with Gasteiger partial charge in [0, 0.05) is 6.04 Å². The zero-order valence-electron chi connectivity index (χ0n) is 11.1. The van der Waals surface area contributed by atoms with Crippen LogP contribution in [0.2, 0.25) is 0 Å². The Kier molecular flexibility index (Phi) is 6.11. The van der Waals surface area contributed by atoms with Crippen molar-refractivity contribution in [2.45, 2.75) is 38.6 Å². The highest BCUT2D eigenvalue weighted by Gasteiger charge is 2.20. The number of carbonyl (C=O) groups is 3. The van der Waals surface area contributed by atoms with Crippen LogP contribution in [-0.2, 0) is 9.59 Å². The summed E-state index contributed by atoms with van der Waals surface area (Å²) in [6.07, 6.45) is 4.21. The lowest BCUT2D eigenvalue weighted by atomic mass is 9.87. The number of amides is 3. The number of aliphatic carboxylic acids is 1. The fourth-order valence-corrected chi connectivity index (χ4v) is 2.20. The molecule has 0 spiro atoms. The highest BCUT2D eigenvalue weighted by molar-refractivity contribution is 5.86. The molecule has 7 nitrogen and oxygen atoms in total. The molecule has 2 unspecified atom stereocenters. The molecule has 1 aliphatic carbocycles. The largest absolute Gasteiger partial charge is 0.480 e. The molecule has 19 heavy (non-hydrogen) atoms. The molecule has 0 aromatic rings. The van der Waals surface area contributed by atoms with E-state index in [9.17, 15) is 14.4 Å². The molecule has 2 atom stereocenters. The molecule has 0 radical (unpaired) electrons. The van der Waals surface area contributed by atoms with Gasteiger partial charge in [-0.05, 0) is 18.8 Å². The van der Waals surface area contributed by atoms with Crippen LogP contribution in [0.1, 0.15) is 32.6 Å². The standard InChI is InChI=1S/C12H21N3O4/c1-8-3-2-4-9(5-8)15-12(19)14-6-10(16)13-7-11(17)18/h8-9H,2-7H2,1H3,(H,13,16)(H,17,18)(H2,14,15,19). The summed E-state index contributed by atoms with van der Waals surface area (Å²) in [6, 6.07) is -0.226. The van der Waals surface area contributed by atoms with Crippen molar-refractivity contribution in [2.24, 2.45) is 5.92 Å². The van der Waals surface area contributed by atoms with Gasteiger partial charge in [0.1, 0.15) is 6.54 Å². The fraction of sp³-hybridized carbons (Fsp3) is 0.750. The molecule has 4 N–H and O–H groups in total. The van der Waals surface area contributed by atoms with Gasteiger partial charge in [-0.3, -0.25) is 9.59 Å². The Bertz CT molecular complexity index is 346. The van der Waals surface area contributed by atoms with Gasteiger partial charge < -0.3 is 21.1 Å². The Morgan fingerprint density at radius 2 is 1.89 bits per heavy atom. The molecule has 0 saturated heterocycles. The monoisotopic (exact) mass is 271 g/mol. The number of carbonyl (C=O) groups excluding carboxylic acids is 2. The molecule has 1 saturated carbocycles. The number of carboxylic acids is 1. The van der Waals surface area contributed by atoms with Gasteiger partial charge in [0.2, 0.25) is 5.91 Å². The molecular formula is C12H21N3O4. The van der Waals surface area contributed by atoms with Gasteiger partial charge in [-0.15, -0.1) is 0 Å². The van der Waals surface area contributed by atoms with E-state index in [-0.39, 0.29) is 18.6 Å². The van der Waals surface area contributed by atoms with Crippen LogP contribution in [0.5, 0.6) is 0 Å². The number of carboxylic acid groups (broad SMARTS) is 1. The molecule has 0 aromatic heterocycles. The van der Waals surface area contributed by atoms with E-state index < -0.39 is 18.4 Å². The summed E-state index contributed by atoms with van der Waals surface area (Å²) in [5, 5.41) is 15.8. The Morgan fingerprint density at radius 1 is 1.16 bits per heavy atom. The lowest BCUT2D eigenvalue weighted by Gasteiger charge is -2.27. The summed E-state index contributed by atoms with van der Waals surface area (Å²) in [7, 11) is 0. The van der Waals surface area contributed by atoms with Crippen LogP contribution in [0, 0.1) is 5.92 Å². The molecule has 1 fully saturated rings. The maximum absolute atomic E-state index is 11.5. The number of urea groups is 1. The number of rotatable bonds is 5. The molecule has 1 aliphatic rings. The minimum Gasteiger partial charge on any atom is -0.480 e. The van der Waals surface area contributed by atoms with E-state index >= 15 is 0 Å². The molecule has 0 heterocycles. The third-order valence-corrected chi connectivity index (χ3v) is 3.12. The molecule has 0 aliphatic heterocycles. The molecular weight excluding hydrogens is 250 g/mol. The van der Waals surface area contributed by atoms with Crippen LogP contribution in [0.15, 0.2) is 0 Å². The minimum absolute atomic E-state index is 0.158. The lowest BCUT2D eigenvalue weighted by molar-refractivity contribution is -0.137. The number of nitrogens with one attached hydrogen (secondary N) is 3. The Balaban J connectivity index is 2.16. The number of hydrogen-bond donors (Lipinski definition) is 4. The number of hydrogen-bond acceptors (Lipinski definition) is 3. The van der Waals surface area contributed by atoms with Crippen molar-refractivity contribution in [1.82, 2.24) is 16.0 Å². The smallest absolute Gasteiger partial charge is 0.322 e. The predicted molar refractivity (Wildman–Crippen MR) is 68.6 cm³/mol. The van der Waals surface area contributed by atoms with Crippen molar-refractivity contribution < 1.29 is 19.5 Å². The fourth-order valence-electron chi connectivity index (χ4n) is 2.20. The summed E-state index contributed by atoms with van der Waals surface area (Å²) < 4.78 is 0. The highest BCUT2D eigenvalue weighted by atomic mass is 16.4. The summed E-state index contributed by atoms with van der Waals surface area (Å²) >= 11 is 0. The summed E-state index contributed by atoms with van der Waals surface area (Å²) in [6.45, 7) is 1.49. The topological polar surface area (TPSA) is 108 Å². The minimum atomic E-state index is -1.12. The first-order chi connectivity index (χ1) is 8.97. The molecule has 1 rings (SSSR count). The Labute approximate surface area is 112 Å². The van der Waals surface area contributed by atoms with Crippen LogP contribution < -0.4 is 16.0 Å². The second-order valence-electron chi connectivity index (χ2n) is 4.97. The van der Waals surface area contributed by atoms with Crippen LogP contribution >= 0.6 is 0 Å². The van der Waals surface area contributed by atoms with Crippen molar-refractivity contribution >= 4 is 17.9 Å². The van der Waals surface area contributed by atoms with Crippen molar-refractivity contribution in [1.29, 1.82) is 0 Å². The first kappa shape index (κ1) is 15.3. The van der Waals surface area contributed by atoms with Gasteiger partial charge in [0.15, 0.2) is 0 Å². The first-order valence-electron chi connectivity index (χ1n) is 6.50. The zero-order chi connectivity index (χ0) is 14.3. The summed E-state index contributed by atoms with van der Waals surface area (Å²) in [5.74, 6) is -1.03. The second-order valence-corrected chi connectivity index (χ2v) is 4.97. The molecule has 108 valence electrons. The van der Waals surface area contributed by atoms with Crippen molar-refractivity contribution in [3.8, 4) is 0 Å². The summed E-state index contributed by atoms with van der Waals surface area (Å²) in [4.78, 5) is 32.9. The van der Waals surface area contributed by atoms with Gasteiger partial charge in [0.05, 0.1) is 6.54 Å². The SMILES string of the molecule is CC1CCCC(NC(=O)NCC(=O)NCC(=O)O)C1. The first-order valence-corrected chi connectivity index (χ1v) is 6.50. The van der Waals surface area contributed by atoms with Gasteiger partial charge in [0.25, 0.3) is 0 Å². The van der Waals surface area contributed by atoms with Gasteiger partial charge in [-0.25, -0.2) is 4.79 Å². The van der Waals surface area contributed by atoms with E-state index in [0.717, 1.165) is 19.3 Å². The van der Waals surface area contributed by atoms with Crippen LogP contribution in [0.4, 0.5) is 4.79 Å². The van der Waals surface area contributed by atoms with Gasteiger partial charge >= 0.3 is 12.0 Å². The zero-order valence-corrected chi connectivity index (χ0v) is 11.1. The maximum atomic E-state index is 11.5. The van der Waals surface area contributed by atoms with Gasteiger partial charge in [-0.1, -0.05) is 19.8 Å². The third-order valence-electron chi connectivity index (χ3n) is 3.12. The van der Waals surface area contributed by atoms with E-state index in [1.807, 2.05) is 0 Å². The quantitative estimate of drug-likeness (QED) is 0.567. The van der Waals surface area contributed by atoms with E-state index in [1.165, 1.54) is 6.42 Å². The highest BCUT2D eigenvalue weighted by Crippen LogP contribution is 2.23. The van der Waals surface area contributed by atoms with E-state index in [2.05, 4.69) is 22.9 Å². The van der Waals surface area contributed by atoms with Crippen LogP contribution in [0.25, 0.3) is 0 Å². The molecule has 0 aromatic carbocycles. The Hall–Kier alpha value is -1.79. The normalized spacial score (nSPS) is 22.4. The third kappa shape index (κ3) is 6.64. The lowest BCUT2D eigenvalue weighted by Crippen LogP contribution is -2.47. The predicted octanol–water partition coefficient (Wildman–Crippen LogP) is 0.0651. The van der Waals surface area contributed by atoms with Crippen molar-refractivity contribution in [3.05, 3.63) is 0 Å². The van der Waals surface area contributed by atoms with Crippen LogP contribution in [-0.4, -0.2) is 42.1 Å². The van der Waals surface area contributed by atoms with Crippen LogP contribution in [0.3, 0.4) is 0 Å². The van der Waals surface area contributed by atoms with E-state index in [1.54, 1.807) is 0 Å². The Morgan fingerprint density at radius 3 is 2.53 bits per heavy atom. The molecule has 0 bridgehead atoms. The maximum Gasteiger partial charge on any atom is 0.322 e.